The highest BCUT2D eigenvalue weighted by atomic mass is 32.2. The van der Waals surface area contributed by atoms with Crippen LogP contribution in [0.3, 0.4) is 0 Å². The molecule has 1 N–H and O–H groups in total. The van der Waals surface area contributed by atoms with Gasteiger partial charge >= 0.3 is 5.97 Å². The number of hydrogen-bond donors (Lipinski definition) is 1. The molecule has 20 heavy (non-hydrogen) atoms. The van der Waals surface area contributed by atoms with Crippen molar-refractivity contribution in [3.05, 3.63) is 30.1 Å². The Kier molecular flexibility index (Phi) is 4.54. The highest BCUT2D eigenvalue weighted by molar-refractivity contribution is 7.98. The number of aromatic carboxylic acids is 1. The highest BCUT2D eigenvalue weighted by Crippen LogP contribution is 2.24. The number of pyridine rings is 1. The molecule has 0 aliphatic rings. The van der Waals surface area contributed by atoms with E-state index in [9.17, 15) is 9.90 Å². The summed E-state index contributed by atoms with van der Waals surface area (Å²) < 4.78 is 1.62. The SMILES string of the molecule is CCC(CSC)N(C)c1nc2ccccn2c1C(=O)O. The number of aromatic nitrogens is 2. The second-order valence-corrected chi connectivity index (χ2v) is 5.56. The Morgan fingerprint density at radius 2 is 2.30 bits per heavy atom. The number of anilines is 1. The van der Waals surface area contributed by atoms with Gasteiger partial charge in [-0.05, 0) is 24.8 Å². The van der Waals surface area contributed by atoms with Gasteiger partial charge in [-0.1, -0.05) is 13.0 Å². The average molecular weight is 293 g/mol. The van der Waals surface area contributed by atoms with Crippen LogP contribution in [0.25, 0.3) is 5.65 Å². The third-order valence-corrected chi connectivity index (χ3v) is 4.14. The van der Waals surface area contributed by atoms with Crippen LogP contribution in [0.15, 0.2) is 24.4 Å². The minimum Gasteiger partial charge on any atom is -0.476 e. The zero-order chi connectivity index (χ0) is 14.7. The molecule has 1 unspecified atom stereocenters. The average Bonchev–Trinajstić information content (AvgIpc) is 2.83. The van der Waals surface area contributed by atoms with Crippen molar-refractivity contribution >= 4 is 29.2 Å². The van der Waals surface area contributed by atoms with Gasteiger partial charge in [-0.2, -0.15) is 11.8 Å². The van der Waals surface area contributed by atoms with Gasteiger partial charge in [0.1, 0.15) is 5.65 Å². The van der Waals surface area contributed by atoms with Gasteiger partial charge in [-0.3, -0.25) is 4.40 Å². The maximum absolute atomic E-state index is 11.6. The van der Waals surface area contributed by atoms with E-state index in [1.807, 2.05) is 30.1 Å². The monoisotopic (exact) mass is 293 g/mol. The number of hydrogen-bond acceptors (Lipinski definition) is 4. The van der Waals surface area contributed by atoms with E-state index in [1.54, 1.807) is 22.4 Å². The first kappa shape index (κ1) is 14.7. The fraction of sp³-hybridized carbons (Fsp3) is 0.429. The lowest BCUT2D eigenvalue weighted by Crippen LogP contribution is -2.34. The first-order valence-electron chi connectivity index (χ1n) is 6.52. The Morgan fingerprint density at radius 1 is 1.55 bits per heavy atom. The van der Waals surface area contributed by atoms with E-state index in [1.165, 1.54) is 0 Å². The van der Waals surface area contributed by atoms with Crippen molar-refractivity contribution in [2.75, 3.05) is 24.0 Å². The van der Waals surface area contributed by atoms with Crippen molar-refractivity contribution < 1.29 is 9.90 Å². The van der Waals surface area contributed by atoms with Crippen LogP contribution in [-0.4, -0.2) is 45.6 Å². The van der Waals surface area contributed by atoms with Crippen LogP contribution in [0.5, 0.6) is 0 Å². The maximum atomic E-state index is 11.6. The predicted molar refractivity (Wildman–Crippen MR) is 83.0 cm³/mol. The summed E-state index contributed by atoms with van der Waals surface area (Å²) in [5, 5.41) is 9.49. The molecule has 2 heterocycles. The predicted octanol–water partition coefficient (Wildman–Crippen LogP) is 2.61. The molecule has 1 atom stereocenters. The third kappa shape index (κ3) is 2.60. The Labute approximate surface area is 122 Å². The number of thioether (sulfide) groups is 1. The number of carboxylic acids is 1. The molecule has 0 bridgehead atoms. The van der Waals surface area contributed by atoms with Crippen molar-refractivity contribution in [2.24, 2.45) is 0 Å². The molecule has 0 saturated carbocycles. The number of imidazole rings is 1. The van der Waals surface area contributed by atoms with Crippen molar-refractivity contribution in [3.63, 3.8) is 0 Å². The Bertz CT molecular complexity index is 611. The van der Waals surface area contributed by atoms with Crippen molar-refractivity contribution in [2.45, 2.75) is 19.4 Å². The van der Waals surface area contributed by atoms with E-state index in [0.29, 0.717) is 11.5 Å². The number of rotatable bonds is 6. The topological polar surface area (TPSA) is 57.8 Å². The molecular weight excluding hydrogens is 274 g/mol. The number of carboxylic acid groups (broad SMARTS) is 1. The van der Waals surface area contributed by atoms with Gasteiger partial charge in [0, 0.05) is 25.0 Å². The summed E-state index contributed by atoms with van der Waals surface area (Å²) in [7, 11) is 1.92. The van der Waals surface area contributed by atoms with Crippen LogP contribution in [0, 0.1) is 0 Å². The molecule has 0 amide bonds. The van der Waals surface area contributed by atoms with Crippen LogP contribution >= 0.6 is 11.8 Å². The molecule has 0 aliphatic carbocycles. The van der Waals surface area contributed by atoms with Crippen molar-refractivity contribution in [1.29, 1.82) is 0 Å². The summed E-state index contributed by atoms with van der Waals surface area (Å²) in [5.41, 5.74) is 0.883. The molecule has 2 aromatic heterocycles. The van der Waals surface area contributed by atoms with E-state index in [0.717, 1.165) is 12.2 Å². The molecule has 0 saturated heterocycles. The molecule has 0 fully saturated rings. The smallest absolute Gasteiger partial charge is 0.356 e. The number of carbonyl (C=O) groups is 1. The Hall–Kier alpha value is -1.69. The minimum atomic E-state index is -0.954. The second kappa shape index (κ2) is 6.17. The lowest BCUT2D eigenvalue weighted by Gasteiger charge is -2.27. The zero-order valence-corrected chi connectivity index (χ0v) is 12.7. The van der Waals surface area contributed by atoms with E-state index >= 15 is 0 Å². The first-order chi connectivity index (χ1) is 9.60. The largest absolute Gasteiger partial charge is 0.476 e. The van der Waals surface area contributed by atoms with Gasteiger partial charge in [0.15, 0.2) is 11.5 Å². The van der Waals surface area contributed by atoms with Crippen molar-refractivity contribution in [3.8, 4) is 0 Å². The van der Waals surface area contributed by atoms with Gasteiger partial charge in [-0.25, -0.2) is 9.78 Å². The summed E-state index contributed by atoms with van der Waals surface area (Å²) in [5.74, 6) is 0.522. The normalized spacial score (nSPS) is 12.6. The van der Waals surface area contributed by atoms with E-state index in [2.05, 4.69) is 18.2 Å². The molecule has 6 heteroatoms. The molecule has 5 nitrogen and oxygen atoms in total. The second-order valence-electron chi connectivity index (χ2n) is 4.65. The molecule has 0 aliphatic heterocycles. The summed E-state index contributed by atoms with van der Waals surface area (Å²) in [6, 6.07) is 5.76. The fourth-order valence-electron chi connectivity index (χ4n) is 2.30. The van der Waals surface area contributed by atoms with Crippen LogP contribution in [0.4, 0.5) is 5.82 Å². The summed E-state index contributed by atoms with van der Waals surface area (Å²) in [6.07, 6.45) is 4.74. The Morgan fingerprint density at radius 3 is 2.90 bits per heavy atom. The summed E-state index contributed by atoms with van der Waals surface area (Å²) >= 11 is 1.75. The van der Waals surface area contributed by atoms with Crippen LogP contribution in [0.1, 0.15) is 23.8 Å². The summed E-state index contributed by atoms with van der Waals surface area (Å²) in [6.45, 7) is 2.10. The van der Waals surface area contributed by atoms with E-state index in [4.69, 9.17) is 0 Å². The maximum Gasteiger partial charge on any atom is 0.356 e. The third-order valence-electron chi connectivity index (χ3n) is 3.43. The lowest BCUT2D eigenvalue weighted by molar-refractivity contribution is 0.0690. The number of fused-ring (bicyclic) bond motifs is 1. The fourth-order valence-corrected chi connectivity index (χ4v) is 3.14. The van der Waals surface area contributed by atoms with Gasteiger partial charge < -0.3 is 10.0 Å². The van der Waals surface area contributed by atoms with Crippen molar-refractivity contribution in [1.82, 2.24) is 9.38 Å². The van der Waals surface area contributed by atoms with Crippen LogP contribution in [-0.2, 0) is 0 Å². The van der Waals surface area contributed by atoms with Gasteiger partial charge in [0.25, 0.3) is 0 Å². The van der Waals surface area contributed by atoms with Crippen LogP contribution < -0.4 is 4.90 Å². The summed E-state index contributed by atoms with van der Waals surface area (Å²) in [4.78, 5) is 18.0. The molecule has 108 valence electrons. The first-order valence-corrected chi connectivity index (χ1v) is 7.91. The zero-order valence-electron chi connectivity index (χ0n) is 11.9. The van der Waals surface area contributed by atoms with E-state index in [-0.39, 0.29) is 11.7 Å². The number of nitrogens with zero attached hydrogens (tertiary/aromatic N) is 3. The van der Waals surface area contributed by atoms with E-state index < -0.39 is 5.97 Å². The molecule has 2 rings (SSSR count). The highest BCUT2D eigenvalue weighted by Gasteiger charge is 2.24. The molecule has 0 radical (unpaired) electrons. The van der Waals surface area contributed by atoms with Gasteiger partial charge in [0.2, 0.25) is 0 Å². The molecule has 2 aromatic rings. The van der Waals surface area contributed by atoms with Gasteiger partial charge in [-0.15, -0.1) is 0 Å². The lowest BCUT2D eigenvalue weighted by atomic mass is 10.2. The van der Waals surface area contributed by atoms with Gasteiger partial charge in [0.05, 0.1) is 0 Å². The quantitative estimate of drug-likeness (QED) is 0.887. The minimum absolute atomic E-state index is 0.225. The molecule has 0 aromatic carbocycles. The molecule has 0 spiro atoms. The molecular formula is C14H19N3O2S. The van der Waals surface area contributed by atoms with Crippen LogP contribution in [0.2, 0.25) is 0 Å². The standard InChI is InChI=1S/C14H19N3O2S/c1-4-10(9-20-3)16(2)13-12(14(18)19)17-8-6-5-7-11(17)15-13/h5-8,10H,4,9H2,1-3H3,(H,18,19). The Balaban J connectivity index is 2.52.